The van der Waals surface area contributed by atoms with Crippen LogP contribution in [0.3, 0.4) is 0 Å². The molecule has 2 amide bonds. The number of hydrogen-bond acceptors (Lipinski definition) is 7. The first-order chi connectivity index (χ1) is 12.9. The average molecular weight is 397 g/mol. The van der Waals surface area contributed by atoms with Crippen molar-refractivity contribution in [2.45, 2.75) is 27.2 Å². The molecule has 1 aromatic heterocycles. The normalized spacial score (nSPS) is 15.5. The molecule has 8 nitrogen and oxygen atoms in total. The molecule has 0 atom stereocenters. The number of primary amides is 1. The molecular weight excluding hydrogens is 368 g/mol. The van der Waals surface area contributed by atoms with E-state index in [4.69, 9.17) is 10.5 Å². The number of thiophene rings is 1. The lowest BCUT2D eigenvalue weighted by Gasteiger charge is -2.34. The van der Waals surface area contributed by atoms with Gasteiger partial charge in [-0.15, -0.1) is 11.3 Å². The van der Waals surface area contributed by atoms with Crippen LogP contribution in [0.4, 0.5) is 5.00 Å². The summed E-state index contributed by atoms with van der Waals surface area (Å²) in [4.78, 5) is 41.1. The number of ether oxygens (including phenoxy) is 1. The molecule has 1 fully saturated rings. The van der Waals surface area contributed by atoms with Gasteiger partial charge in [0.15, 0.2) is 0 Å². The molecule has 1 aliphatic heterocycles. The number of hydrogen-bond donors (Lipinski definition) is 2. The Morgan fingerprint density at radius 3 is 2.33 bits per heavy atom. The van der Waals surface area contributed by atoms with Gasteiger partial charge in [0.2, 0.25) is 5.91 Å². The zero-order valence-corrected chi connectivity index (χ0v) is 17.0. The number of nitrogens with one attached hydrogen (secondary N) is 1. The Balaban J connectivity index is 2.05. The number of carbonyl (C=O) groups is 3. The van der Waals surface area contributed by atoms with Crippen molar-refractivity contribution in [1.29, 1.82) is 0 Å². The molecule has 3 N–H and O–H groups in total. The van der Waals surface area contributed by atoms with Crippen LogP contribution in [0.15, 0.2) is 0 Å². The van der Waals surface area contributed by atoms with Crippen LogP contribution in [0, 0.1) is 6.92 Å². The van der Waals surface area contributed by atoms with Crippen LogP contribution in [0.5, 0.6) is 0 Å². The summed E-state index contributed by atoms with van der Waals surface area (Å²) in [6, 6.07) is 0. The summed E-state index contributed by atoms with van der Waals surface area (Å²) in [6.45, 7) is 10.6. The maximum absolute atomic E-state index is 12.5. The standard InChI is InChI=1S/C18H28N4O4S/c1-4-6-21-7-9-22(10-8-21)11-13(23)20-17-14(18(25)26-5-2)12(3)15(27-17)16(19)24/h4-11H2,1-3H3,(H2,19,24)(H,20,23). The van der Waals surface area contributed by atoms with E-state index in [9.17, 15) is 14.4 Å². The smallest absolute Gasteiger partial charge is 0.341 e. The van der Waals surface area contributed by atoms with Gasteiger partial charge in [-0.3, -0.25) is 14.5 Å². The molecule has 150 valence electrons. The van der Waals surface area contributed by atoms with Crippen LogP contribution < -0.4 is 11.1 Å². The summed E-state index contributed by atoms with van der Waals surface area (Å²) >= 11 is 1.01. The van der Waals surface area contributed by atoms with Gasteiger partial charge in [-0.25, -0.2) is 4.79 Å². The van der Waals surface area contributed by atoms with Gasteiger partial charge in [-0.2, -0.15) is 0 Å². The molecule has 0 aliphatic carbocycles. The summed E-state index contributed by atoms with van der Waals surface area (Å²) in [5, 5.41) is 3.08. The minimum Gasteiger partial charge on any atom is -0.462 e. The van der Waals surface area contributed by atoms with Crippen molar-refractivity contribution >= 4 is 34.1 Å². The fourth-order valence-electron chi connectivity index (χ4n) is 3.14. The zero-order chi connectivity index (χ0) is 20.0. The van der Waals surface area contributed by atoms with Gasteiger partial charge in [0.1, 0.15) is 5.00 Å². The van der Waals surface area contributed by atoms with E-state index in [-0.39, 0.29) is 29.5 Å². The van der Waals surface area contributed by atoms with E-state index in [2.05, 4.69) is 22.0 Å². The Hall–Kier alpha value is -1.97. The van der Waals surface area contributed by atoms with Crippen molar-refractivity contribution in [3.8, 4) is 0 Å². The van der Waals surface area contributed by atoms with Crippen molar-refractivity contribution in [2.75, 3.05) is 51.2 Å². The van der Waals surface area contributed by atoms with Gasteiger partial charge < -0.3 is 20.7 Å². The van der Waals surface area contributed by atoms with Gasteiger partial charge in [-0.05, 0) is 32.4 Å². The van der Waals surface area contributed by atoms with Crippen LogP contribution >= 0.6 is 11.3 Å². The summed E-state index contributed by atoms with van der Waals surface area (Å²) in [5.41, 5.74) is 6.03. The number of piperazine rings is 1. The zero-order valence-electron chi connectivity index (χ0n) is 16.2. The van der Waals surface area contributed by atoms with Crippen LogP contribution in [-0.2, 0) is 9.53 Å². The summed E-state index contributed by atoms with van der Waals surface area (Å²) < 4.78 is 5.06. The summed E-state index contributed by atoms with van der Waals surface area (Å²) in [5.74, 6) is -1.42. The number of carbonyl (C=O) groups excluding carboxylic acids is 3. The predicted molar refractivity (Wildman–Crippen MR) is 105 cm³/mol. The topological polar surface area (TPSA) is 105 Å². The second-order valence-corrected chi connectivity index (χ2v) is 7.53. The first-order valence-electron chi connectivity index (χ1n) is 9.22. The Morgan fingerprint density at radius 1 is 1.15 bits per heavy atom. The third kappa shape index (κ3) is 5.50. The van der Waals surface area contributed by atoms with E-state index >= 15 is 0 Å². The van der Waals surface area contributed by atoms with Crippen molar-refractivity contribution in [3.05, 3.63) is 16.0 Å². The third-order valence-electron chi connectivity index (χ3n) is 4.48. The number of nitrogens with zero attached hydrogens (tertiary/aromatic N) is 2. The maximum Gasteiger partial charge on any atom is 0.341 e. The second kappa shape index (κ2) is 9.82. The monoisotopic (exact) mass is 396 g/mol. The van der Waals surface area contributed by atoms with Gasteiger partial charge >= 0.3 is 5.97 Å². The minimum absolute atomic E-state index is 0.204. The fourth-order valence-corrected chi connectivity index (χ4v) is 4.21. The first-order valence-corrected chi connectivity index (χ1v) is 10.0. The highest BCUT2D eigenvalue weighted by atomic mass is 32.1. The van der Waals surface area contributed by atoms with Crippen molar-refractivity contribution < 1.29 is 19.1 Å². The van der Waals surface area contributed by atoms with Crippen molar-refractivity contribution in [2.24, 2.45) is 5.73 Å². The molecule has 0 radical (unpaired) electrons. The number of anilines is 1. The van der Waals surface area contributed by atoms with Gasteiger partial charge in [0.05, 0.1) is 23.6 Å². The molecular formula is C18H28N4O4S. The number of rotatable bonds is 8. The Kier molecular flexibility index (Phi) is 7.76. The molecule has 0 saturated carbocycles. The average Bonchev–Trinajstić information content (AvgIpc) is 2.93. The lowest BCUT2D eigenvalue weighted by Crippen LogP contribution is -2.48. The molecule has 27 heavy (non-hydrogen) atoms. The predicted octanol–water partition coefficient (Wildman–Crippen LogP) is 1.30. The fraction of sp³-hybridized carbons (Fsp3) is 0.611. The Labute approximate surface area is 163 Å². The van der Waals surface area contributed by atoms with E-state index in [0.717, 1.165) is 50.5 Å². The quantitative estimate of drug-likeness (QED) is 0.642. The summed E-state index contributed by atoms with van der Waals surface area (Å²) in [7, 11) is 0. The molecule has 0 bridgehead atoms. The van der Waals surface area contributed by atoms with Gasteiger partial charge in [0.25, 0.3) is 5.91 Å². The van der Waals surface area contributed by atoms with Gasteiger partial charge in [0, 0.05) is 26.2 Å². The van der Waals surface area contributed by atoms with Crippen LogP contribution in [0.1, 0.15) is 45.9 Å². The second-order valence-electron chi connectivity index (χ2n) is 6.51. The van der Waals surface area contributed by atoms with E-state index < -0.39 is 11.9 Å². The van der Waals surface area contributed by atoms with Gasteiger partial charge in [-0.1, -0.05) is 6.92 Å². The molecule has 0 aromatic carbocycles. The molecule has 1 aliphatic rings. The molecule has 2 heterocycles. The van der Waals surface area contributed by atoms with Crippen molar-refractivity contribution in [1.82, 2.24) is 9.80 Å². The highest BCUT2D eigenvalue weighted by Crippen LogP contribution is 2.33. The highest BCUT2D eigenvalue weighted by Gasteiger charge is 2.26. The number of amides is 2. The lowest BCUT2D eigenvalue weighted by atomic mass is 10.1. The van der Waals surface area contributed by atoms with E-state index in [0.29, 0.717) is 10.6 Å². The molecule has 1 aromatic rings. The van der Waals surface area contributed by atoms with E-state index in [1.165, 1.54) is 0 Å². The molecule has 9 heteroatoms. The van der Waals surface area contributed by atoms with Crippen LogP contribution in [0.2, 0.25) is 0 Å². The minimum atomic E-state index is -0.629. The number of esters is 1. The van der Waals surface area contributed by atoms with Crippen molar-refractivity contribution in [3.63, 3.8) is 0 Å². The highest BCUT2D eigenvalue weighted by molar-refractivity contribution is 7.18. The van der Waals surface area contributed by atoms with Crippen LogP contribution in [-0.4, -0.2) is 73.5 Å². The molecule has 2 rings (SSSR count). The third-order valence-corrected chi connectivity index (χ3v) is 5.70. The van der Waals surface area contributed by atoms with E-state index in [1.54, 1.807) is 13.8 Å². The maximum atomic E-state index is 12.5. The van der Waals surface area contributed by atoms with E-state index in [1.807, 2.05) is 0 Å². The molecule has 0 unspecified atom stereocenters. The molecule has 1 saturated heterocycles. The Morgan fingerprint density at radius 2 is 1.78 bits per heavy atom. The lowest BCUT2D eigenvalue weighted by molar-refractivity contribution is -0.117. The largest absolute Gasteiger partial charge is 0.462 e. The van der Waals surface area contributed by atoms with Crippen LogP contribution in [0.25, 0.3) is 0 Å². The summed E-state index contributed by atoms with van der Waals surface area (Å²) in [6.07, 6.45) is 1.12. The SMILES string of the molecule is CCCN1CCN(CC(=O)Nc2sc(C(N)=O)c(C)c2C(=O)OCC)CC1. The Bertz CT molecular complexity index is 696. The first kappa shape index (κ1) is 21.3. The molecule has 0 spiro atoms. The number of nitrogens with two attached hydrogens (primary N) is 1.